The maximum atomic E-state index is 9.23. The van der Waals surface area contributed by atoms with Crippen LogP contribution in [-0.4, -0.2) is 10.1 Å². The first-order valence-electron chi connectivity index (χ1n) is 6.13. The van der Waals surface area contributed by atoms with Crippen LogP contribution in [0.1, 0.15) is 10.6 Å². The highest BCUT2D eigenvalue weighted by Crippen LogP contribution is 2.25. The Bertz CT molecular complexity index is 709. The zero-order valence-corrected chi connectivity index (χ0v) is 12.9. The largest absolute Gasteiger partial charge is 0.486 e. The molecule has 0 aliphatic heterocycles. The second-order valence-electron chi connectivity index (χ2n) is 4.28. The van der Waals surface area contributed by atoms with E-state index in [1.165, 1.54) is 0 Å². The van der Waals surface area contributed by atoms with Gasteiger partial charge >= 0.3 is 0 Å². The van der Waals surface area contributed by atoms with E-state index in [2.05, 4.69) is 27.0 Å². The van der Waals surface area contributed by atoms with Gasteiger partial charge in [-0.15, -0.1) is 11.3 Å². The van der Waals surface area contributed by atoms with Crippen LogP contribution in [0.4, 0.5) is 0 Å². The van der Waals surface area contributed by atoms with E-state index < -0.39 is 0 Å². The molecule has 0 radical (unpaired) electrons. The lowest BCUT2D eigenvalue weighted by Gasteiger charge is -2.07. The number of rotatable bonds is 4. The Morgan fingerprint density at radius 2 is 2.05 bits per heavy atom. The normalized spacial score (nSPS) is 10.9. The molecule has 102 valence electrons. The summed E-state index contributed by atoms with van der Waals surface area (Å²) in [6.45, 7) is 0.421. The minimum atomic E-state index is -0.0150. The number of hydrogen-bond acceptors (Lipinski definition) is 4. The van der Waals surface area contributed by atoms with E-state index in [-0.39, 0.29) is 6.61 Å². The fourth-order valence-corrected chi connectivity index (χ4v) is 3.14. The average molecular weight is 350 g/mol. The minimum Gasteiger partial charge on any atom is -0.486 e. The van der Waals surface area contributed by atoms with Crippen molar-refractivity contribution in [1.29, 1.82) is 0 Å². The monoisotopic (exact) mass is 349 g/mol. The summed E-state index contributed by atoms with van der Waals surface area (Å²) in [4.78, 5) is 4.52. The quantitative estimate of drug-likeness (QED) is 0.769. The van der Waals surface area contributed by atoms with Crippen molar-refractivity contribution in [3.8, 4) is 5.75 Å². The van der Waals surface area contributed by atoms with Crippen LogP contribution in [0.3, 0.4) is 0 Å². The van der Waals surface area contributed by atoms with Gasteiger partial charge in [0.05, 0.1) is 16.8 Å². The van der Waals surface area contributed by atoms with Crippen LogP contribution in [0, 0.1) is 0 Å². The first-order valence-corrected chi connectivity index (χ1v) is 7.74. The molecule has 5 heteroatoms. The summed E-state index contributed by atoms with van der Waals surface area (Å²) in [5, 5.41) is 10.2. The summed E-state index contributed by atoms with van der Waals surface area (Å²) in [6, 6.07) is 13.6. The molecule has 0 aliphatic carbocycles. The van der Waals surface area contributed by atoms with Crippen molar-refractivity contribution >= 4 is 37.5 Å². The lowest BCUT2D eigenvalue weighted by Crippen LogP contribution is -1.96. The highest BCUT2D eigenvalue weighted by atomic mass is 79.9. The number of nitrogens with zero attached hydrogens (tertiary/aromatic N) is 1. The van der Waals surface area contributed by atoms with Gasteiger partial charge in [0, 0.05) is 4.47 Å². The zero-order valence-electron chi connectivity index (χ0n) is 10.5. The van der Waals surface area contributed by atoms with Crippen LogP contribution < -0.4 is 4.74 Å². The Kier molecular flexibility index (Phi) is 4.00. The van der Waals surface area contributed by atoms with Gasteiger partial charge in [-0.25, -0.2) is 4.98 Å². The smallest absolute Gasteiger partial charge is 0.140 e. The van der Waals surface area contributed by atoms with E-state index in [1.54, 1.807) is 11.3 Å². The van der Waals surface area contributed by atoms with E-state index in [4.69, 9.17) is 4.74 Å². The molecule has 1 aromatic heterocycles. The minimum absolute atomic E-state index is 0.0150. The number of para-hydroxylation sites is 1. The predicted octanol–water partition coefficient (Wildman–Crippen LogP) is 4.13. The standard InChI is InChI=1S/C15H12BrNO2S/c16-12-6-5-11(7-10(12)8-18)19-9-15-17-13-3-1-2-4-14(13)20-15/h1-7,18H,8-9H2. The number of aliphatic hydroxyl groups is 1. The van der Waals surface area contributed by atoms with Crippen LogP contribution in [-0.2, 0) is 13.2 Å². The predicted molar refractivity (Wildman–Crippen MR) is 84.0 cm³/mol. The van der Waals surface area contributed by atoms with Gasteiger partial charge < -0.3 is 9.84 Å². The second-order valence-corrected chi connectivity index (χ2v) is 6.24. The molecule has 1 heterocycles. The number of thiazole rings is 1. The van der Waals surface area contributed by atoms with Crippen LogP contribution >= 0.6 is 27.3 Å². The van der Waals surface area contributed by atoms with E-state index in [0.717, 1.165) is 31.0 Å². The first kappa shape index (κ1) is 13.5. The first-order chi connectivity index (χ1) is 9.76. The highest BCUT2D eigenvalue weighted by molar-refractivity contribution is 9.10. The van der Waals surface area contributed by atoms with Crippen molar-refractivity contribution in [1.82, 2.24) is 4.98 Å². The number of benzene rings is 2. The molecule has 0 bridgehead atoms. The Hall–Kier alpha value is -1.43. The van der Waals surface area contributed by atoms with E-state index in [9.17, 15) is 5.11 Å². The van der Waals surface area contributed by atoms with Crippen LogP contribution in [0.2, 0.25) is 0 Å². The number of fused-ring (bicyclic) bond motifs is 1. The fourth-order valence-electron chi connectivity index (χ4n) is 1.89. The van der Waals surface area contributed by atoms with E-state index >= 15 is 0 Å². The number of hydrogen-bond donors (Lipinski definition) is 1. The topological polar surface area (TPSA) is 42.4 Å². The Balaban J connectivity index is 1.75. The summed E-state index contributed by atoms with van der Waals surface area (Å²) in [6.07, 6.45) is 0. The summed E-state index contributed by atoms with van der Waals surface area (Å²) in [7, 11) is 0. The summed E-state index contributed by atoms with van der Waals surface area (Å²) >= 11 is 5.02. The van der Waals surface area contributed by atoms with Gasteiger partial charge in [0.2, 0.25) is 0 Å². The van der Waals surface area contributed by atoms with Crippen molar-refractivity contribution in [2.45, 2.75) is 13.2 Å². The number of aliphatic hydroxyl groups excluding tert-OH is 1. The van der Waals surface area contributed by atoms with Crippen molar-refractivity contribution in [2.75, 3.05) is 0 Å². The van der Waals surface area contributed by atoms with Gasteiger partial charge in [-0.1, -0.05) is 28.1 Å². The van der Waals surface area contributed by atoms with Gasteiger partial charge in [0.1, 0.15) is 17.4 Å². The van der Waals surface area contributed by atoms with Gasteiger partial charge in [0.25, 0.3) is 0 Å². The van der Waals surface area contributed by atoms with Gasteiger partial charge in [-0.3, -0.25) is 0 Å². The summed E-state index contributed by atoms with van der Waals surface area (Å²) in [5.74, 6) is 0.733. The van der Waals surface area contributed by atoms with Gasteiger partial charge in [-0.2, -0.15) is 0 Å². The molecule has 0 amide bonds. The molecule has 0 atom stereocenters. The SMILES string of the molecule is OCc1cc(OCc2nc3ccccc3s2)ccc1Br. The van der Waals surface area contributed by atoms with E-state index in [0.29, 0.717) is 6.61 Å². The molecule has 20 heavy (non-hydrogen) atoms. The molecule has 3 rings (SSSR count). The third-order valence-electron chi connectivity index (χ3n) is 2.89. The highest BCUT2D eigenvalue weighted by Gasteiger charge is 2.05. The van der Waals surface area contributed by atoms with Crippen molar-refractivity contribution in [3.63, 3.8) is 0 Å². The lowest BCUT2D eigenvalue weighted by atomic mass is 10.2. The average Bonchev–Trinajstić information content (AvgIpc) is 2.89. The third-order valence-corrected chi connectivity index (χ3v) is 4.67. The van der Waals surface area contributed by atoms with Crippen LogP contribution in [0.25, 0.3) is 10.2 Å². The van der Waals surface area contributed by atoms with E-state index in [1.807, 2.05) is 36.4 Å². The zero-order chi connectivity index (χ0) is 13.9. The molecule has 3 aromatic rings. The fraction of sp³-hybridized carbons (Fsp3) is 0.133. The summed E-state index contributed by atoms with van der Waals surface area (Å²) < 4.78 is 7.78. The molecule has 3 nitrogen and oxygen atoms in total. The van der Waals surface area contributed by atoms with Crippen molar-refractivity contribution in [2.24, 2.45) is 0 Å². The van der Waals surface area contributed by atoms with Crippen LogP contribution in [0.15, 0.2) is 46.9 Å². The maximum Gasteiger partial charge on any atom is 0.140 e. The van der Waals surface area contributed by atoms with Gasteiger partial charge in [-0.05, 0) is 35.9 Å². The lowest BCUT2D eigenvalue weighted by molar-refractivity contribution is 0.277. The second kappa shape index (κ2) is 5.91. The maximum absolute atomic E-state index is 9.23. The summed E-state index contributed by atoms with van der Waals surface area (Å²) in [5.41, 5.74) is 1.81. The molecule has 0 saturated carbocycles. The van der Waals surface area contributed by atoms with Crippen molar-refractivity contribution in [3.05, 3.63) is 57.5 Å². The Morgan fingerprint density at radius 3 is 2.85 bits per heavy atom. The molecule has 2 aromatic carbocycles. The molecule has 0 unspecified atom stereocenters. The van der Waals surface area contributed by atoms with Crippen LogP contribution in [0.5, 0.6) is 5.75 Å². The van der Waals surface area contributed by atoms with Crippen molar-refractivity contribution < 1.29 is 9.84 Å². The number of halogens is 1. The number of aromatic nitrogens is 1. The van der Waals surface area contributed by atoms with Gasteiger partial charge in [0.15, 0.2) is 0 Å². The molecule has 0 aliphatic rings. The Morgan fingerprint density at radius 1 is 1.20 bits per heavy atom. The molecule has 0 fully saturated rings. The number of ether oxygens (including phenoxy) is 1. The molecule has 1 N–H and O–H groups in total. The molecule has 0 saturated heterocycles. The third kappa shape index (κ3) is 2.85. The molecular weight excluding hydrogens is 338 g/mol. The molecule has 0 spiro atoms. The molecular formula is C15H12BrNO2S. The Labute approximate surface area is 129 Å².